The van der Waals surface area contributed by atoms with E-state index in [9.17, 15) is 22.4 Å². The van der Waals surface area contributed by atoms with E-state index in [0.29, 0.717) is 36.4 Å². The normalized spacial score (nSPS) is 24.0. The third-order valence-electron chi connectivity index (χ3n) is 7.81. The number of methoxy groups -OCH3 is 2. The number of carbonyl (C=O) groups excluding carboxylic acids is 1. The Hall–Kier alpha value is -3.01. The van der Waals surface area contributed by atoms with E-state index in [1.807, 2.05) is 12.1 Å². The van der Waals surface area contributed by atoms with Crippen molar-refractivity contribution in [1.29, 1.82) is 0 Å². The summed E-state index contributed by atoms with van der Waals surface area (Å²) >= 11 is 0. The first-order valence-corrected chi connectivity index (χ1v) is 12.4. The number of carbonyl (C=O) groups is 1. The zero-order valence-corrected chi connectivity index (χ0v) is 21.4. The number of nitrogens with one attached hydrogen (secondary N) is 2. The molecule has 10 heteroatoms. The van der Waals surface area contributed by atoms with Crippen molar-refractivity contribution in [2.75, 3.05) is 26.1 Å². The van der Waals surface area contributed by atoms with Crippen LogP contribution in [0.1, 0.15) is 50.7 Å². The predicted molar refractivity (Wildman–Crippen MR) is 133 cm³/mol. The van der Waals surface area contributed by atoms with Gasteiger partial charge in [0, 0.05) is 23.5 Å². The third kappa shape index (κ3) is 5.21. The zero-order valence-electron chi connectivity index (χ0n) is 21.4. The lowest BCUT2D eigenvalue weighted by atomic mass is 9.65. The molecule has 37 heavy (non-hydrogen) atoms. The van der Waals surface area contributed by atoms with Crippen molar-refractivity contribution in [2.24, 2.45) is 0 Å². The van der Waals surface area contributed by atoms with Crippen molar-refractivity contribution in [2.45, 2.75) is 69.2 Å². The highest BCUT2D eigenvalue weighted by Crippen LogP contribution is 2.51. The van der Waals surface area contributed by atoms with Crippen LogP contribution in [0.25, 0.3) is 0 Å². The number of nitrogens with zero attached hydrogens (tertiary/aromatic N) is 1. The maximum absolute atomic E-state index is 14.4. The summed E-state index contributed by atoms with van der Waals surface area (Å²) in [7, 11) is 3.21. The quantitative estimate of drug-likeness (QED) is 0.459. The molecular formula is C27H33F4N3O3. The first kappa shape index (κ1) is 27.0. The number of amides is 2. The van der Waals surface area contributed by atoms with Crippen LogP contribution in [-0.4, -0.2) is 49.8 Å². The summed E-state index contributed by atoms with van der Waals surface area (Å²) in [6.07, 6.45) is -1.75. The van der Waals surface area contributed by atoms with Crippen molar-refractivity contribution in [3.05, 3.63) is 53.3 Å². The number of rotatable bonds is 6. The Balaban J connectivity index is 1.53. The number of anilines is 1. The van der Waals surface area contributed by atoms with Gasteiger partial charge in [-0.05, 0) is 75.9 Å². The van der Waals surface area contributed by atoms with Gasteiger partial charge in [-0.15, -0.1) is 0 Å². The van der Waals surface area contributed by atoms with Crippen molar-refractivity contribution in [1.82, 2.24) is 10.2 Å². The highest BCUT2D eigenvalue weighted by Gasteiger charge is 2.52. The summed E-state index contributed by atoms with van der Waals surface area (Å²) in [4.78, 5) is 15.1. The van der Waals surface area contributed by atoms with E-state index in [1.165, 1.54) is 0 Å². The molecule has 1 saturated carbocycles. The van der Waals surface area contributed by atoms with Gasteiger partial charge in [-0.1, -0.05) is 12.1 Å². The SMILES string of the molecule is COc1ccc(C23CCC(NC(=O)Nc4cccc(C(F)(F)F)c4F)CC2N(C(C)C)CC3)cc1OC. The second kappa shape index (κ2) is 10.4. The molecule has 2 amide bonds. The lowest BCUT2D eigenvalue weighted by molar-refractivity contribution is -0.139. The van der Waals surface area contributed by atoms with Crippen molar-refractivity contribution in [3.8, 4) is 11.5 Å². The summed E-state index contributed by atoms with van der Waals surface area (Å²) in [5.74, 6) is -0.173. The van der Waals surface area contributed by atoms with Crippen molar-refractivity contribution in [3.63, 3.8) is 0 Å². The molecule has 4 rings (SSSR count). The molecule has 1 aliphatic carbocycles. The topological polar surface area (TPSA) is 62.8 Å². The van der Waals surface area contributed by atoms with E-state index in [-0.39, 0.29) is 17.5 Å². The summed E-state index contributed by atoms with van der Waals surface area (Å²) < 4.78 is 64.5. The molecule has 2 aromatic carbocycles. The van der Waals surface area contributed by atoms with Crippen LogP contribution in [0.4, 0.5) is 28.0 Å². The Labute approximate surface area is 214 Å². The van der Waals surface area contributed by atoms with E-state index in [0.717, 1.165) is 37.1 Å². The van der Waals surface area contributed by atoms with Gasteiger partial charge in [0.25, 0.3) is 0 Å². The largest absolute Gasteiger partial charge is 0.493 e. The first-order chi connectivity index (χ1) is 17.5. The minimum Gasteiger partial charge on any atom is -0.493 e. The summed E-state index contributed by atoms with van der Waals surface area (Å²) in [5.41, 5.74) is -0.896. The van der Waals surface area contributed by atoms with Crippen molar-refractivity contribution >= 4 is 11.7 Å². The van der Waals surface area contributed by atoms with Crippen LogP contribution in [0.2, 0.25) is 0 Å². The maximum atomic E-state index is 14.4. The molecule has 202 valence electrons. The summed E-state index contributed by atoms with van der Waals surface area (Å²) in [6, 6.07) is 8.34. The minimum atomic E-state index is -4.85. The number of benzene rings is 2. The average Bonchev–Trinajstić information content (AvgIpc) is 3.24. The maximum Gasteiger partial charge on any atom is 0.419 e. The van der Waals surface area contributed by atoms with Gasteiger partial charge in [-0.2, -0.15) is 13.2 Å². The fourth-order valence-corrected chi connectivity index (χ4v) is 6.01. The number of ether oxygens (including phenoxy) is 2. The van der Waals surface area contributed by atoms with E-state index < -0.39 is 29.3 Å². The van der Waals surface area contributed by atoms with Crippen LogP contribution in [-0.2, 0) is 11.6 Å². The van der Waals surface area contributed by atoms with Gasteiger partial charge in [-0.3, -0.25) is 4.90 Å². The minimum absolute atomic E-state index is 0.133. The molecule has 2 N–H and O–H groups in total. The fourth-order valence-electron chi connectivity index (χ4n) is 6.01. The monoisotopic (exact) mass is 523 g/mol. The van der Waals surface area contributed by atoms with Gasteiger partial charge in [0.05, 0.1) is 25.5 Å². The number of hydrogen-bond donors (Lipinski definition) is 2. The molecule has 0 spiro atoms. The van der Waals surface area contributed by atoms with Crippen LogP contribution >= 0.6 is 0 Å². The summed E-state index contributed by atoms with van der Waals surface area (Å²) in [5, 5.41) is 5.13. The molecule has 3 unspecified atom stereocenters. The number of likely N-dealkylation sites (tertiary alicyclic amines) is 1. The van der Waals surface area contributed by atoms with Gasteiger partial charge >= 0.3 is 12.2 Å². The smallest absolute Gasteiger partial charge is 0.419 e. The number of alkyl halides is 3. The molecule has 1 aliphatic heterocycles. The number of halogens is 4. The molecule has 0 aromatic heterocycles. The van der Waals surface area contributed by atoms with Gasteiger partial charge in [-0.25, -0.2) is 9.18 Å². The Kier molecular flexibility index (Phi) is 7.60. The number of fused-ring (bicyclic) bond motifs is 1. The molecular weight excluding hydrogens is 490 g/mol. The predicted octanol–water partition coefficient (Wildman–Crippen LogP) is 5.96. The zero-order chi connectivity index (χ0) is 27.0. The molecule has 0 radical (unpaired) electrons. The van der Waals surface area contributed by atoms with Gasteiger partial charge in [0.15, 0.2) is 17.3 Å². The van der Waals surface area contributed by atoms with E-state index in [4.69, 9.17) is 9.47 Å². The molecule has 0 bridgehead atoms. The second-order valence-corrected chi connectivity index (χ2v) is 10.1. The van der Waals surface area contributed by atoms with Crippen LogP contribution in [0, 0.1) is 5.82 Å². The molecule has 6 nitrogen and oxygen atoms in total. The van der Waals surface area contributed by atoms with E-state index in [2.05, 4.69) is 35.4 Å². The highest BCUT2D eigenvalue weighted by molar-refractivity contribution is 5.89. The number of hydrogen-bond acceptors (Lipinski definition) is 4. The molecule has 2 aromatic rings. The second-order valence-electron chi connectivity index (χ2n) is 10.1. The Morgan fingerprint density at radius 2 is 1.84 bits per heavy atom. The van der Waals surface area contributed by atoms with Crippen molar-refractivity contribution < 1.29 is 31.8 Å². The van der Waals surface area contributed by atoms with Crippen LogP contribution in [0.5, 0.6) is 11.5 Å². The van der Waals surface area contributed by atoms with Crippen LogP contribution < -0.4 is 20.1 Å². The van der Waals surface area contributed by atoms with Gasteiger partial charge < -0.3 is 20.1 Å². The van der Waals surface area contributed by atoms with E-state index in [1.54, 1.807) is 14.2 Å². The summed E-state index contributed by atoms with van der Waals surface area (Å²) in [6.45, 7) is 5.20. The Morgan fingerprint density at radius 3 is 2.49 bits per heavy atom. The lowest BCUT2D eigenvalue weighted by Gasteiger charge is -2.46. The molecule has 2 fully saturated rings. The highest BCUT2D eigenvalue weighted by atomic mass is 19.4. The molecule has 1 heterocycles. The average molecular weight is 524 g/mol. The Morgan fingerprint density at radius 1 is 1.11 bits per heavy atom. The molecule has 2 aliphatic rings. The molecule has 3 atom stereocenters. The number of urea groups is 1. The van der Waals surface area contributed by atoms with Gasteiger partial charge in [0.2, 0.25) is 0 Å². The third-order valence-corrected chi connectivity index (χ3v) is 7.81. The van der Waals surface area contributed by atoms with Crippen LogP contribution in [0.15, 0.2) is 36.4 Å². The van der Waals surface area contributed by atoms with E-state index >= 15 is 0 Å². The fraction of sp³-hybridized carbons (Fsp3) is 0.519. The first-order valence-electron chi connectivity index (χ1n) is 12.4. The Bertz CT molecular complexity index is 1140. The lowest BCUT2D eigenvalue weighted by Crippen LogP contribution is -2.54. The van der Waals surface area contributed by atoms with Gasteiger partial charge in [0.1, 0.15) is 0 Å². The molecule has 1 saturated heterocycles. The standard InChI is InChI=1S/C27H33F4N3O3/c1-16(2)34-13-12-26(17-8-9-21(36-3)22(14-17)37-4)11-10-18(15-23(26)34)32-25(35)33-20-7-5-6-19(24(20)28)27(29,30)31/h5-9,14,16,18,23H,10-13,15H2,1-4H3,(H2,32,33,35). The van der Waals surface area contributed by atoms with Crippen LogP contribution in [0.3, 0.4) is 0 Å².